The minimum absolute atomic E-state index is 0.0887. The van der Waals surface area contributed by atoms with E-state index in [4.69, 9.17) is 9.72 Å². The molecule has 0 spiro atoms. The van der Waals surface area contributed by atoms with Crippen LogP contribution in [0.2, 0.25) is 0 Å². The number of benzene rings is 1. The summed E-state index contributed by atoms with van der Waals surface area (Å²) < 4.78 is 5.36. The SMILES string of the molecule is COc1cccc2nc(CC[C@@H](C)[C@H]3CC[C@H]4[C@H]5C(C[C@H](O)[C@]34C)[C@@]3(C)CC[C@@H](O)C[C@H]3C[C@H]5O)[nH]c(=O)c12. The molecular weight excluding hydrogens is 492 g/mol. The summed E-state index contributed by atoms with van der Waals surface area (Å²) in [5.74, 6) is 3.11. The molecule has 0 saturated heterocycles. The standard InChI is InChI=1S/C32H46N2O5/c1-17(8-11-27-33-23-6-5-7-25(39-4)29(23)30(38)34-27)20-9-10-21-28-22(16-26(37)32(20,21)3)31(2)13-12-19(35)14-18(31)15-24(28)36/h5-7,17-22,24,26,28,35-37H,8-16H2,1-4H3,(H,33,34,38)/t17-,18+,19-,20-,21+,22?,24-,26+,28+,31+,32-/m1/s1. The molecule has 7 nitrogen and oxygen atoms in total. The van der Waals surface area contributed by atoms with Gasteiger partial charge in [-0.1, -0.05) is 26.8 Å². The summed E-state index contributed by atoms with van der Waals surface area (Å²) in [6.45, 7) is 6.96. The Bertz CT molecular complexity index is 1280. The first kappa shape index (κ1) is 27.2. The van der Waals surface area contributed by atoms with Crippen LogP contribution in [0.25, 0.3) is 10.9 Å². The van der Waals surface area contributed by atoms with Gasteiger partial charge in [0.05, 0.1) is 30.9 Å². The van der Waals surface area contributed by atoms with E-state index in [2.05, 4.69) is 25.8 Å². The number of aromatic nitrogens is 2. The van der Waals surface area contributed by atoms with E-state index in [-0.39, 0.29) is 40.6 Å². The Labute approximate surface area is 231 Å². The number of H-pyrrole nitrogens is 1. The zero-order chi connectivity index (χ0) is 27.7. The maximum absolute atomic E-state index is 12.8. The number of methoxy groups -OCH3 is 1. The number of aromatic amines is 1. The lowest BCUT2D eigenvalue weighted by molar-refractivity contribution is -0.207. The molecule has 0 radical (unpaired) electrons. The van der Waals surface area contributed by atoms with Crippen molar-refractivity contribution in [3.05, 3.63) is 34.4 Å². The van der Waals surface area contributed by atoms with Crippen molar-refractivity contribution >= 4 is 10.9 Å². The molecule has 4 saturated carbocycles. The molecule has 0 bridgehead atoms. The smallest absolute Gasteiger partial charge is 0.262 e. The van der Waals surface area contributed by atoms with Crippen LogP contribution < -0.4 is 10.3 Å². The van der Waals surface area contributed by atoms with Crippen molar-refractivity contribution < 1.29 is 20.1 Å². The van der Waals surface area contributed by atoms with Gasteiger partial charge < -0.3 is 25.0 Å². The molecule has 0 aliphatic heterocycles. The molecule has 2 aromatic rings. The van der Waals surface area contributed by atoms with Crippen LogP contribution in [0.3, 0.4) is 0 Å². The molecule has 4 N–H and O–H groups in total. The van der Waals surface area contributed by atoms with Gasteiger partial charge in [0.1, 0.15) is 17.0 Å². The van der Waals surface area contributed by atoms with Crippen LogP contribution in [0.1, 0.15) is 78.0 Å². The van der Waals surface area contributed by atoms with Crippen LogP contribution in [0.15, 0.2) is 23.0 Å². The first-order chi connectivity index (χ1) is 18.6. The summed E-state index contributed by atoms with van der Waals surface area (Å²) in [5, 5.41) is 34.2. The molecule has 1 aromatic heterocycles. The fraction of sp³-hybridized carbons (Fsp3) is 0.750. The van der Waals surface area contributed by atoms with Gasteiger partial charge >= 0.3 is 0 Å². The number of aliphatic hydroxyl groups is 3. The second-order valence-corrected chi connectivity index (χ2v) is 13.9. The van der Waals surface area contributed by atoms with Gasteiger partial charge in [-0.2, -0.15) is 0 Å². The van der Waals surface area contributed by atoms with E-state index in [1.807, 2.05) is 12.1 Å². The molecule has 7 heteroatoms. The van der Waals surface area contributed by atoms with Crippen molar-refractivity contribution in [2.45, 2.75) is 96.9 Å². The number of rotatable bonds is 5. The minimum Gasteiger partial charge on any atom is -0.496 e. The second-order valence-electron chi connectivity index (χ2n) is 13.9. The van der Waals surface area contributed by atoms with Crippen LogP contribution in [-0.2, 0) is 6.42 Å². The third-order valence-corrected chi connectivity index (χ3v) is 12.3. The van der Waals surface area contributed by atoms with Crippen LogP contribution in [0.5, 0.6) is 5.75 Å². The Balaban J connectivity index is 1.21. The number of hydrogen-bond donors (Lipinski definition) is 4. The summed E-state index contributed by atoms with van der Waals surface area (Å²) >= 11 is 0. The zero-order valence-electron chi connectivity index (χ0n) is 23.9. The number of aryl methyl sites for hydroxylation is 1. The van der Waals surface area contributed by atoms with Gasteiger partial charge in [0.2, 0.25) is 0 Å². The van der Waals surface area contributed by atoms with E-state index in [0.717, 1.165) is 51.4 Å². The number of hydrogen-bond acceptors (Lipinski definition) is 6. The summed E-state index contributed by atoms with van der Waals surface area (Å²) in [5.41, 5.74) is 0.341. The molecule has 0 amide bonds. The van der Waals surface area contributed by atoms with E-state index in [1.54, 1.807) is 13.2 Å². The molecule has 39 heavy (non-hydrogen) atoms. The Hall–Kier alpha value is -1.96. The fourth-order valence-electron chi connectivity index (χ4n) is 10.2. The van der Waals surface area contributed by atoms with Crippen molar-refractivity contribution in [3.63, 3.8) is 0 Å². The van der Waals surface area contributed by atoms with Crippen molar-refractivity contribution in [1.82, 2.24) is 9.97 Å². The van der Waals surface area contributed by atoms with E-state index >= 15 is 0 Å². The van der Waals surface area contributed by atoms with E-state index < -0.39 is 0 Å². The normalized spacial score (nSPS) is 42.4. The second kappa shape index (κ2) is 9.85. The lowest BCUT2D eigenvalue weighted by atomic mass is 9.43. The molecule has 11 atom stereocenters. The molecule has 6 rings (SSSR count). The van der Waals surface area contributed by atoms with Gasteiger partial charge in [-0.15, -0.1) is 0 Å². The van der Waals surface area contributed by atoms with Crippen molar-refractivity contribution in [2.75, 3.05) is 7.11 Å². The van der Waals surface area contributed by atoms with Crippen LogP contribution in [-0.4, -0.2) is 50.7 Å². The Morgan fingerprint density at radius 1 is 1.10 bits per heavy atom. The molecule has 214 valence electrons. The first-order valence-corrected chi connectivity index (χ1v) is 15.2. The first-order valence-electron chi connectivity index (χ1n) is 15.2. The van der Waals surface area contributed by atoms with Gasteiger partial charge in [-0.3, -0.25) is 4.79 Å². The monoisotopic (exact) mass is 538 g/mol. The highest BCUT2D eigenvalue weighted by molar-refractivity contribution is 5.84. The van der Waals surface area contributed by atoms with Crippen LogP contribution in [0.4, 0.5) is 0 Å². The molecule has 1 aromatic carbocycles. The third-order valence-electron chi connectivity index (χ3n) is 12.3. The summed E-state index contributed by atoms with van der Waals surface area (Å²) in [7, 11) is 1.56. The van der Waals surface area contributed by atoms with E-state index in [0.29, 0.717) is 58.5 Å². The molecule has 1 heterocycles. The number of fused-ring (bicyclic) bond motifs is 6. The number of aliphatic hydroxyl groups excluding tert-OH is 3. The highest BCUT2D eigenvalue weighted by Gasteiger charge is 2.65. The molecular formula is C32H46N2O5. The zero-order valence-corrected chi connectivity index (χ0v) is 23.9. The quantitative estimate of drug-likeness (QED) is 0.447. The average molecular weight is 539 g/mol. The summed E-state index contributed by atoms with van der Waals surface area (Å²) in [6, 6.07) is 5.49. The molecule has 4 fully saturated rings. The van der Waals surface area contributed by atoms with Crippen LogP contribution in [0, 0.1) is 46.3 Å². The lowest BCUT2D eigenvalue weighted by Gasteiger charge is -2.63. The molecule has 4 aliphatic carbocycles. The topological polar surface area (TPSA) is 116 Å². The predicted molar refractivity (Wildman–Crippen MR) is 150 cm³/mol. The third kappa shape index (κ3) is 4.17. The van der Waals surface area contributed by atoms with E-state index in [1.165, 1.54) is 0 Å². The predicted octanol–water partition coefficient (Wildman–Crippen LogP) is 4.46. The number of ether oxygens (including phenoxy) is 1. The fourth-order valence-corrected chi connectivity index (χ4v) is 10.2. The number of nitrogens with one attached hydrogen (secondary N) is 1. The van der Waals surface area contributed by atoms with Gasteiger partial charge in [-0.05, 0) is 110 Å². The summed E-state index contributed by atoms with van der Waals surface area (Å²) in [4.78, 5) is 20.5. The highest BCUT2D eigenvalue weighted by Crippen LogP contribution is 2.68. The maximum atomic E-state index is 12.8. The van der Waals surface area contributed by atoms with Gasteiger partial charge in [-0.25, -0.2) is 4.98 Å². The molecule has 1 unspecified atom stereocenters. The lowest BCUT2D eigenvalue weighted by Crippen LogP contribution is -2.62. The van der Waals surface area contributed by atoms with Crippen molar-refractivity contribution in [1.29, 1.82) is 0 Å². The van der Waals surface area contributed by atoms with Crippen molar-refractivity contribution in [3.8, 4) is 5.75 Å². The Morgan fingerprint density at radius 3 is 2.67 bits per heavy atom. The van der Waals surface area contributed by atoms with Gasteiger partial charge in [0.25, 0.3) is 5.56 Å². The van der Waals surface area contributed by atoms with E-state index in [9.17, 15) is 20.1 Å². The largest absolute Gasteiger partial charge is 0.496 e. The average Bonchev–Trinajstić information content (AvgIpc) is 3.27. The Morgan fingerprint density at radius 2 is 1.90 bits per heavy atom. The van der Waals surface area contributed by atoms with Crippen LogP contribution >= 0.6 is 0 Å². The van der Waals surface area contributed by atoms with Gasteiger partial charge in [0.15, 0.2) is 0 Å². The van der Waals surface area contributed by atoms with Gasteiger partial charge in [0, 0.05) is 6.42 Å². The molecule has 4 aliphatic rings. The highest BCUT2D eigenvalue weighted by atomic mass is 16.5. The van der Waals surface area contributed by atoms with Crippen molar-refractivity contribution in [2.24, 2.45) is 46.3 Å². The minimum atomic E-state index is -0.389. The number of nitrogens with zero attached hydrogens (tertiary/aromatic N) is 1. The maximum Gasteiger partial charge on any atom is 0.262 e. The Kier molecular flexibility index (Phi) is 6.87. The summed E-state index contributed by atoms with van der Waals surface area (Å²) in [6.07, 6.45) is 6.82.